The Bertz CT molecular complexity index is 1350. The van der Waals surface area contributed by atoms with Crippen LogP contribution in [-0.2, 0) is 15.8 Å². The fourth-order valence-corrected chi connectivity index (χ4v) is 7.84. The Balaban J connectivity index is 1.50. The van der Waals surface area contributed by atoms with Crippen molar-refractivity contribution in [1.82, 2.24) is 13.9 Å². The molecule has 1 aromatic heterocycles. The zero-order valence-electron chi connectivity index (χ0n) is 19.5. The lowest BCUT2D eigenvalue weighted by Gasteiger charge is -2.30. The average Bonchev–Trinajstić information content (AvgIpc) is 3.47. The molecule has 1 aliphatic carbocycles. The smallest absolute Gasteiger partial charge is 0.243 e. The van der Waals surface area contributed by atoms with Crippen LogP contribution in [0.2, 0.25) is 0 Å². The van der Waals surface area contributed by atoms with Gasteiger partial charge in [-0.15, -0.1) is 0 Å². The molecule has 188 valence electrons. The van der Waals surface area contributed by atoms with Crippen LogP contribution >= 0.6 is 11.8 Å². The summed E-state index contributed by atoms with van der Waals surface area (Å²) >= 11 is 1.25. The van der Waals surface area contributed by atoms with Crippen molar-refractivity contribution in [3.05, 3.63) is 53.3 Å². The van der Waals surface area contributed by atoms with Crippen molar-refractivity contribution in [2.75, 3.05) is 13.1 Å². The molecule has 2 fully saturated rings. The van der Waals surface area contributed by atoms with Crippen molar-refractivity contribution in [3.8, 4) is 0 Å². The van der Waals surface area contributed by atoms with Crippen LogP contribution in [0.4, 0.5) is 13.2 Å². The van der Waals surface area contributed by atoms with Crippen LogP contribution in [0.15, 0.2) is 40.4 Å². The molecule has 5 nitrogen and oxygen atoms in total. The zero-order chi connectivity index (χ0) is 24.7. The lowest BCUT2D eigenvalue weighted by molar-refractivity contribution is 0.281. The molecule has 1 saturated heterocycles. The number of halogens is 3. The maximum Gasteiger partial charge on any atom is 0.243 e. The number of piperidine rings is 1. The van der Waals surface area contributed by atoms with E-state index in [1.54, 1.807) is 16.4 Å². The summed E-state index contributed by atoms with van der Waals surface area (Å²) in [5, 5.41) is 0.622. The first-order valence-corrected chi connectivity index (χ1v) is 14.4. The van der Waals surface area contributed by atoms with E-state index in [-0.39, 0.29) is 22.3 Å². The van der Waals surface area contributed by atoms with Gasteiger partial charge in [0, 0.05) is 36.5 Å². The van der Waals surface area contributed by atoms with Crippen LogP contribution in [0.3, 0.4) is 0 Å². The first-order chi connectivity index (χ1) is 16.7. The molecule has 0 amide bonds. The highest BCUT2D eigenvalue weighted by atomic mass is 32.2. The maximum atomic E-state index is 14.2. The number of nitrogens with zero attached hydrogens (tertiary/aromatic N) is 3. The van der Waals surface area contributed by atoms with Crippen molar-refractivity contribution < 1.29 is 21.6 Å². The molecule has 0 bridgehead atoms. The first-order valence-electron chi connectivity index (χ1n) is 12.0. The summed E-state index contributed by atoms with van der Waals surface area (Å²) < 4.78 is 71.5. The van der Waals surface area contributed by atoms with Crippen molar-refractivity contribution in [2.45, 2.75) is 67.3 Å². The van der Waals surface area contributed by atoms with Gasteiger partial charge in [-0.1, -0.05) is 31.5 Å². The van der Waals surface area contributed by atoms with Crippen LogP contribution < -0.4 is 0 Å². The monoisotopic (exact) mass is 523 g/mol. The molecule has 35 heavy (non-hydrogen) atoms. The van der Waals surface area contributed by atoms with E-state index < -0.39 is 27.5 Å². The molecule has 1 atom stereocenters. The Labute approximate surface area is 207 Å². The van der Waals surface area contributed by atoms with E-state index in [1.165, 1.54) is 11.8 Å². The Morgan fingerprint density at radius 3 is 2.49 bits per heavy atom. The third kappa shape index (κ3) is 4.84. The predicted molar refractivity (Wildman–Crippen MR) is 130 cm³/mol. The number of benzene rings is 2. The molecule has 1 aliphatic heterocycles. The van der Waals surface area contributed by atoms with Gasteiger partial charge in [0.15, 0.2) is 16.8 Å². The molecule has 0 radical (unpaired) electrons. The highest BCUT2D eigenvalue weighted by Crippen LogP contribution is 2.38. The molecule has 2 aromatic carbocycles. The quantitative estimate of drug-likeness (QED) is 0.282. The van der Waals surface area contributed by atoms with E-state index in [4.69, 9.17) is 4.98 Å². The SMILES string of the molecule is C[C@H]1CCCN(S(=O)(=O)c2ccc3c(c2)nc(SCc2cc(F)c(F)cc2F)n3C2CCCC2)C1. The molecule has 2 aliphatic rings. The van der Waals surface area contributed by atoms with Crippen LogP contribution in [0.5, 0.6) is 0 Å². The predicted octanol–water partition coefficient (Wildman–Crippen LogP) is 6.28. The number of fused-ring (bicyclic) bond motifs is 1. The van der Waals surface area contributed by atoms with Crippen LogP contribution in [-0.4, -0.2) is 35.4 Å². The lowest BCUT2D eigenvalue weighted by Crippen LogP contribution is -2.39. The Morgan fingerprint density at radius 1 is 1.00 bits per heavy atom. The van der Waals surface area contributed by atoms with Crippen molar-refractivity contribution in [2.24, 2.45) is 5.92 Å². The molecule has 0 unspecified atom stereocenters. The van der Waals surface area contributed by atoms with Gasteiger partial charge in [-0.3, -0.25) is 0 Å². The highest BCUT2D eigenvalue weighted by molar-refractivity contribution is 7.98. The summed E-state index contributed by atoms with van der Waals surface area (Å²) in [6.45, 7) is 3.09. The summed E-state index contributed by atoms with van der Waals surface area (Å²) in [5.74, 6) is -2.71. The van der Waals surface area contributed by atoms with E-state index in [1.807, 2.05) is 6.07 Å². The molecule has 0 N–H and O–H groups in total. The summed E-state index contributed by atoms with van der Waals surface area (Å²) in [4.78, 5) is 4.95. The summed E-state index contributed by atoms with van der Waals surface area (Å²) in [6, 6.07) is 6.73. The summed E-state index contributed by atoms with van der Waals surface area (Å²) in [6.07, 6.45) is 6.00. The van der Waals surface area contributed by atoms with Gasteiger partial charge in [0.05, 0.1) is 15.9 Å². The molecule has 3 aromatic rings. The molecular formula is C25H28F3N3O2S2. The van der Waals surface area contributed by atoms with Gasteiger partial charge in [-0.25, -0.2) is 26.6 Å². The zero-order valence-corrected chi connectivity index (χ0v) is 21.1. The van der Waals surface area contributed by atoms with E-state index in [9.17, 15) is 21.6 Å². The third-order valence-corrected chi connectivity index (χ3v) is 9.88. The summed E-state index contributed by atoms with van der Waals surface area (Å²) in [5.41, 5.74) is 1.45. The fourth-order valence-electron chi connectivity index (χ4n) is 5.16. The molecule has 1 saturated carbocycles. The molecular weight excluding hydrogens is 495 g/mol. The number of imidazole rings is 1. The highest BCUT2D eigenvalue weighted by Gasteiger charge is 2.30. The minimum Gasteiger partial charge on any atom is -0.316 e. The molecule has 5 rings (SSSR count). The van der Waals surface area contributed by atoms with Crippen molar-refractivity contribution in [3.63, 3.8) is 0 Å². The lowest BCUT2D eigenvalue weighted by atomic mass is 10.0. The Hall–Kier alpha value is -2.04. The second kappa shape index (κ2) is 9.78. The molecule has 10 heteroatoms. The number of hydrogen-bond donors (Lipinski definition) is 0. The minimum atomic E-state index is -3.63. The van der Waals surface area contributed by atoms with Crippen molar-refractivity contribution in [1.29, 1.82) is 0 Å². The number of rotatable bonds is 6. The van der Waals surface area contributed by atoms with Crippen LogP contribution in [0.1, 0.15) is 57.1 Å². The van der Waals surface area contributed by atoms with Crippen LogP contribution in [0, 0.1) is 23.4 Å². The third-order valence-electron chi connectivity index (χ3n) is 7.02. The minimum absolute atomic E-state index is 0.0569. The van der Waals surface area contributed by atoms with Gasteiger partial charge < -0.3 is 4.57 Å². The van der Waals surface area contributed by atoms with E-state index in [0.29, 0.717) is 35.7 Å². The standard InChI is InChI=1S/C25H28F3N3O2S2/c1-16-5-4-10-30(14-16)35(32,33)19-8-9-24-23(12-19)29-25(31(24)18-6-2-3-7-18)34-15-17-11-21(27)22(28)13-20(17)26/h8-9,11-13,16,18H,2-7,10,14-15H2,1H3/t16-/m0/s1. The van der Waals surface area contributed by atoms with Crippen molar-refractivity contribution >= 4 is 32.8 Å². The van der Waals surface area contributed by atoms with Gasteiger partial charge >= 0.3 is 0 Å². The first kappa shape index (κ1) is 24.6. The van der Waals surface area contributed by atoms with Crippen LogP contribution in [0.25, 0.3) is 11.0 Å². The Kier molecular flexibility index (Phi) is 6.89. The number of aromatic nitrogens is 2. The number of hydrogen-bond acceptors (Lipinski definition) is 4. The van der Waals surface area contributed by atoms with E-state index in [0.717, 1.165) is 50.1 Å². The Morgan fingerprint density at radius 2 is 1.74 bits per heavy atom. The van der Waals surface area contributed by atoms with Gasteiger partial charge in [-0.2, -0.15) is 4.31 Å². The number of thioether (sulfide) groups is 1. The van der Waals surface area contributed by atoms with E-state index >= 15 is 0 Å². The fraction of sp³-hybridized carbons (Fsp3) is 0.480. The van der Waals surface area contributed by atoms with E-state index in [2.05, 4.69) is 11.5 Å². The van der Waals surface area contributed by atoms with Gasteiger partial charge in [0.2, 0.25) is 10.0 Å². The molecule has 2 heterocycles. The van der Waals surface area contributed by atoms with Gasteiger partial charge in [0.25, 0.3) is 0 Å². The average molecular weight is 524 g/mol. The second-order valence-electron chi connectivity index (χ2n) is 9.61. The largest absolute Gasteiger partial charge is 0.316 e. The summed E-state index contributed by atoms with van der Waals surface area (Å²) in [7, 11) is -3.63. The molecule has 0 spiro atoms. The maximum absolute atomic E-state index is 14.2. The number of sulfonamides is 1. The normalized spacial score (nSPS) is 20.2. The second-order valence-corrected chi connectivity index (χ2v) is 12.5. The van der Waals surface area contributed by atoms with Gasteiger partial charge in [-0.05, 0) is 55.9 Å². The van der Waals surface area contributed by atoms with Gasteiger partial charge in [0.1, 0.15) is 5.82 Å². The topological polar surface area (TPSA) is 55.2 Å².